The number of amidine groups is 2. The number of ether oxygens (including phenoxy) is 4. The second-order valence-electron chi connectivity index (χ2n) is 6.56. The fourth-order valence-corrected chi connectivity index (χ4v) is 4.45. The Hall–Kier alpha value is -3.46. The van der Waals surface area contributed by atoms with Gasteiger partial charge in [-0.05, 0) is 60.7 Å². The van der Waals surface area contributed by atoms with E-state index in [9.17, 15) is 4.79 Å². The fraction of sp³-hybridized carbons (Fsp3) is 0.227. The number of amides is 1. The number of aliphatic imine (C=N–C) groups is 1. The Bertz CT molecular complexity index is 1120. The standard InChI is InChI=1S/C22H21N3O5S/c1-5-30-13-6-7-15-18(11-13)31-22-24-21(26)14(20(23)25(15)22)8-12-9-16(27-2)19(29-4)17(10-12)28-3/h6-11,23H,5H2,1-4H3. The minimum atomic E-state index is -0.477. The van der Waals surface area contributed by atoms with Crippen molar-refractivity contribution in [2.24, 2.45) is 4.99 Å². The summed E-state index contributed by atoms with van der Waals surface area (Å²) in [6, 6.07) is 9.05. The molecule has 2 aliphatic heterocycles. The number of nitrogens with one attached hydrogen (secondary N) is 1. The number of methoxy groups -OCH3 is 3. The van der Waals surface area contributed by atoms with Crippen LogP contribution < -0.4 is 23.8 Å². The molecule has 2 aromatic carbocycles. The van der Waals surface area contributed by atoms with E-state index in [4.69, 9.17) is 24.4 Å². The van der Waals surface area contributed by atoms with Crippen molar-refractivity contribution < 1.29 is 23.7 Å². The molecule has 0 aliphatic carbocycles. The molecule has 8 nitrogen and oxygen atoms in total. The lowest BCUT2D eigenvalue weighted by molar-refractivity contribution is -0.113. The third-order valence-electron chi connectivity index (χ3n) is 4.78. The lowest BCUT2D eigenvalue weighted by Crippen LogP contribution is -2.39. The zero-order valence-corrected chi connectivity index (χ0v) is 18.3. The molecule has 0 saturated heterocycles. The van der Waals surface area contributed by atoms with Gasteiger partial charge in [-0.15, -0.1) is 0 Å². The summed E-state index contributed by atoms with van der Waals surface area (Å²) in [5.41, 5.74) is 1.58. The van der Waals surface area contributed by atoms with Crippen LogP contribution in [-0.4, -0.2) is 44.8 Å². The molecule has 0 fully saturated rings. The Morgan fingerprint density at radius 2 is 1.81 bits per heavy atom. The minimum Gasteiger partial charge on any atom is -0.494 e. The normalized spacial score (nSPS) is 16.1. The number of hydrogen-bond donors (Lipinski definition) is 1. The molecular formula is C22H21N3O5S. The highest BCUT2D eigenvalue weighted by Gasteiger charge is 2.37. The quantitative estimate of drug-likeness (QED) is 0.681. The van der Waals surface area contributed by atoms with Gasteiger partial charge in [-0.3, -0.25) is 15.1 Å². The van der Waals surface area contributed by atoms with E-state index in [2.05, 4.69) is 4.99 Å². The van der Waals surface area contributed by atoms with Crippen molar-refractivity contribution in [2.45, 2.75) is 11.8 Å². The van der Waals surface area contributed by atoms with Gasteiger partial charge in [-0.25, -0.2) is 0 Å². The lowest BCUT2D eigenvalue weighted by atomic mass is 10.1. The molecule has 31 heavy (non-hydrogen) atoms. The molecule has 2 heterocycles. The summed E-state index contributed by atoms with van der Waals surface area (Å²) in [7, 11) is 4.57. The summed E-state index contributed by atoms with van der Waals surface area (Å²) in [6.07, 6.45) is 1.60. The summed E-state index contributed by atoms with van der Waals surface area (Å²) in [5.74, 6) is 1.68. The number of rotatable bonds is 6. The second kappa shape index (κ2) is 8.35. The maximum atomic E-state index is 12.8. The van der Waals surface area contributed by atoms with Crippen molar-refractivity contribution in [3.63, 3.8) is 0 Å². The van der Waals surface area contributed by atoms with Gasteiger partial charge in [0, 0.05) is 4.90 Å². The van der Waals surface area contributed by atoms with E-state index >= 15 is 0 Å². The molecule has 0 radical (unpaired) electrons. The molecule has 2 aromatic rings. The first-order valence-electron chi connectivity index (χ1n) is 9.49. The van der Waals surface area contributed by atoms with E-state index in [0.29, 0.717) is 34.6 Å². The molecular weight excluding hydrogens is 418 g/mol. The third kappa shape index (κ3) is 3.61. The Labute approximate surface area is 184 Å². The first-order valence-corrected chi connectivity index (χ1v) is 10.3. The first-order chi connectivity index (χ1) is 15.0. The van der Waals surface area contributed by atoms with Crippen LogP contribution in [0.25, 0.3) is 6.08 Å². The van der Waals surface area contributed by atoms with Gasteiger partial charge in [0.15, 0.2) is 16.7 Å². The predicted octanol–water partition coefficient (Wildman–Crippen LogP) is 3.98. The van der Waals surface area contributed by atoms with Gasteiger partial charge in [0.1, 0.15) is 11.6 Å². The van der Waals surface area contributed by atoms with Gasteiger partial charge in [0.05, 0.1) is 39.2 Å². The van der Waals surface area contributed by atoms with E-state index in [1.807, 2.05) is 25.1 Å². The van der Waals surface area contributed by atoms with Gasteiger partial charge < -0.3 is 18.9 Å². The van der Waals surface area contributed by atoms with E-state index < -0.39 is 5.91 Å². The molecule has 0 spiro atoms. The van der Waals surface area contributed by atoms with Gasteiger partial charge in [-0.1, -0.05) is 0 Å². The summed E-state index contributed by atoms with van der Waals surface area (Å²) < 4.78 is 21.7. The van der Waals surface area contributed by atoms with Gasteiger partial charge >= 0.3 is 0 Å². The molecule has 4 rings (SSSR count). The molecule has 160 valence electrons. The zero-order chi connectivity index (χ0) is 22.1. The average molecular weight is 439 g/mol. The maximum Gasteiger partial charge on any atom is 0.283 e. The Morgan fingerprint density at radius 3 is 2.42 bits per heavy atom. The number of hydrogen-bond acceptors (Lipinski definition) is 7. The Kier molecular flexibility index (Phi) is 5.60. The number of carbonyl (C=O) groups excluding carboxylic acids is 1. The number of fused-ring (bicyclic) bond motifs is 3. The number of thioether (sulfide) groups is 1. The van der Waals surface area contributed by atoms with Crippen LogP contribution in [0.4, 0.5) is 5.69 Å². The van der Waals surface area contributed by atoms with Gasteiger partial charge in [0.2, 0.25) is 5.75 Å². The summed E-state index contributed by atoms with van der Waals surface area (Å²) in [6.45, 7) is 2.48. The highest BCUT2D eigenvalue weighted by atomic mass is 32.2. The second-order valence-corrected chi connectivity index (χ2v) is 7.57. The van der Waals surface area contributed by atoms with Crippen LogP contribution in [0.1, 0.15) is 12.5 Å². The van der Waals surface area contributed by atoms with Crippen LogP contribution in [0.15, 0.2) is 45.8 Å². The SMILES string of the molecule is CCOc1ccc2c(c1)SC1=NC(=O)C(=Cc3cc(OC)c(OC)c(OC)c3)C(=N)N12. The van der Waals surface area contributed by atoms with E-state index in [-0.39, 0.29) is 11.4 Å². The predicted molar refractivity (Wildman–Crippen MR) is 120 cm³/mol. The summed E-state index contributed by atoms with van der Waals surface area (Å²) >= 11 is 1.34. The van der Waals surface area contributed by atoms with Crippen molar-refractivity contribution in [1.29, 1.82) is 5.41 Å². The summed E-state index contributed by atoms with van der Waals surface area (Å²) in [4.78, 5) is 19.5. The average Bonchev–Trinajstić information content (AvgIpc) is 3.13. The van der Waals surface area contributed by atoms with Crippen LogP contribution in [0.5, 0.6) is 23.0 Å². The summed E-state index contributed by atoms with van der Waals surface area (Å²) in [5, 5.41) is 9.18. The fourth-order valence-electron chi connectivity index (χ4n) is 3.40. The molecule has 0 bridgehead atoms. The third-order valence-corrected chi connectivity index (χ3v) is 5.78. The molecule has 1 N–H and O–H groups in total. The highest BCUT2D eigenvalue weighted by molar-refractivity contribution is 8.15. The zero-order valence-electron chi connectivity index (χ0n) is 17.5. The molecule has 9 heteroatoms. The van der Waals surface area contributed by atoms with Crippen molar-refractivity contribution in [3.8, 4) is 23.0 Å². The van der Waals surface area contributed by atoms with Crippen LogP contribution in [0, 0.1) is 5.41 Å². The number of carbonyl (C=O) groups is 1. The first kappa shape index (κ1) is 20.8. The Morgan fingerprint density at radius 1 is 1.10 bits per heavy atom. The molecule has 2 aliphatic rings. The highest BCUT2D eigenvalue weighted by Crippen LogP contribution is 2.45. The lowest BCUT2D eigenvalue weighted by Gasteiger charge is -2.24. The van der Waals surface area contributed by atoms with Crippen molar-refractivity contribution in [1.82, 2.24) is 0 Å². The van der Waals surface area contributed by atoms with Crippen LogP contribution in [0.3, 0.4) is 0 Å². The van der Waals surface area contributed by atoms with E-state index in [1.165, 1.54) is 33.1 Å². The van der Waals surface area contributed by atoms with E-state index in [1.54, 1.807) is 23.1 Å². The molecule has 0 unspecified atom stereocenters. The van der Waals surface area contributed by atoms with Crippen LogP contribution >= 0.6 is 11.8 Å². The molecule has 1 amide bonds. The van der Waals surface area contributed by atoms with Gasteiger partial charge in [0.25, 0.3) is 5.91 Å². The van der Waals surface area contributed by atoms with Gasteiger partial charge in [-0.2, -0.15) is 4.99 Å². The maximum absolute atomic E-state index is 12.8. The molecule has 0 aromatic heterocycles. The van der Waals surface area contributed by atoms with Crippen LogP contribution in [-0.2, 0) is 4.79 Å². The molecule has 0 atom stereocenters. The minimum absolute atomic E-state index is 0.0548. The number of nitrogens with zero attached hydrogens (tertiary/aromatic N) is 2. The van der Waals surface area contributed by atoms with E-state index in [0.717, 1.165) is 16.3 Å². The van der Waals surface area contributed by atoms with Crippen molar-refractivity contribution >= 4 is 40.4 Å². The largest absolute Gasteiger partial charge is 0.494 e. The smallest absolute Gasteiger partial charge is 0.283 e. The van der Waals surface area contributed by atoms with Crippen molar-refractivity contribution in [3.05, 3.63) is 41.5 Å². The van der Waals surface area contributed by atoms with Crippen LogP contribution in [0.2, 0.25) is 0 Å². The topological polar surface area (TPSA) is 93.4 Å². The Balaban J connectivity index is 1.75. The van der Waals surface area contributed by atoms with Crippen molar-refractivity contribution in [2.75, 3.05) is 32.8 Å². The number of benzene rings is 2. The monoisotopic (exact) mass is 439 g/mol. The number of anilines is 1. The molecule has 0 saturated carbocycles.